The Morgan fingerprint density at radius 3 is 2.79 bits per heavy atom. The van der Waals surface area contributed by atoms with Crippen LogP contribution in [0.1, 0.15) is 30.1 Å². The fourth-order valence-corrected chi connectivity index (χ4v) is 2.12. The number of fused-ring (bicyclic) bond motifs is 1. The van der Waals surface area contributed by atoms with Crippen LogP contribution in [0.3, 0.4) is 0 Å². The molecule has 3 heterocycles. The number of furan rings is 1. The Kier molecular flexibility index (Phi) is 3.59. The van der Waals surface area contributed by atoms with Gasteiger partial charge >= 0.3 is 5.97 Å². The summed E-state index contributed by atoms with van der Waals surface area (Å²) in [6.07, 6.45) is 2.84. The van der Waals surface area contributed by atoms with E-state index in [1.54, 1.807) is 18.2 Å². The number of aliphatic carboxylic acids is 1. The summed E-state index contributed by atoms with van der Waals surface area (Å²) >= 11 is 0. The molecule has 0 bridgehead atoms. The minimum atomic E-state index is -1.22. The van der Waals surface area contributed by atoms with E-state index >= 15 is 0 Å². The van der Waals surface area contributed by atoms with Gasteiger partial charge in [-0.3, -0.25) is 9.48 Å². The molecule has 0 aliphatic carbocycles. The Labute approximate surface area is 137 Å². The summed E-state index contributed by atoms with van der Waals surface area (Å²) in [5.74, 6) is -1.37. The lowest BCUT2D eigenvalue weighted by molar-refractivity contribution is -0.146. The number of nitrogens with zero attached hydrogens (tertiary/aromatic N) is 3. The van der Waals surface area contributed by atoms with Gasteiger partial charge in [-0.25, -0.2) is 9.78 Å². The third-order valence-corrected chi connectivity index (χ3v) is 3.67. The zero-order valence-corrected chi connectivity index (χ0v) is 13.4. The minimum absolute atomic E-state index is 0.119. The summed E-state index contributed by atoms with van der Waals surface area (Å²) in [4.78, 5) is 27.8. The van der Waals surface area contributed by atoms with E-state index < -0.39 is 17.4 Å². The van der Waals surface area contributed by atoms with Crippen LogP contribution in [0.15, 0.2) is 35.0 Å². The summed E-state index contributed by atoms with van der Waals surface area (Å²) in [5, 5.41) is 15.8. The van der Waals surface area contributed by atoms with Gasteiger partial charge in [0, 0.05) is 18.0 Å². The van der Waals surface area contributed by atoms with E-state index in [0.29, 0.717) is 16.8 Å². The standard InChI is InChI=1S/C16H16N4O4/c1-9-4-5-12-11(18-9)6-13(24-12)14(21)19-10-7-17-20(8-10)16(2,3)15(22)23/h4-8H,1-3H3,(H,19,21)(H,22,23). The highest BCUT2D eigenvalue weighted by Crippen LogP contribution is 2.20. The minimum Gasteiger partial charge on any atom is -0.479 e. The number of amides is 1. The van der Waals surface area contributed by atoms with Crippen LogP contribution >= 0.6 is 0 Å². The van der Waals surface area contributed by atoms with E-state index in [0.717, 1.165) is 5.69 Å². The molecule has 8 heteroatoms. The predicted octanol–water partition coefficient (Wildman–Crippen LogP) is 2.40. The number of hydrogen-bond donors (Lipinski definition) is 2. The number of carbonyl (C=O) groups is 2. The first-order chi connectivity index (χ1) is 11.3. The molecule has 124 valence electrons. The first-order valence-corrected chi connectivity index (χ1v) is 7.24. The smallest absolute Gasteiger partial charge is 0.331 e. The van der Waals surface area contributed by atoms with Gasteiger partial charge in [0.2, 0.25) is 0 Å². The van der Waals surface area contributed by atoms with Crippen molar-refractivity contribution in [2.45, 2.75) is 26.3 Å². The molecule has 3 aromatic heterocycles. The topological polar surface area (TPSA) is 110 Å². The van der Waals surface area contributed by atoms with Gasteiger partial charge < -0.3 is 14.8 Å². The molecule has 0 radical (unpaired) electrons. The maximum Gasteiger partial charge on any atom is 0.331 e. The van der Waals surface area contributed by atoms with Gasteiger partial charge in [-0.2, -0.15) is 5.10 Å². The largest absolute Gasteiger partial charge is 0.479 e. The number of anilines is 1. The Hall–Kier alpha value is -3.16. The van der Waals surface area contributed by atoms with Crippen molar-refractivity contribution in [3.8, 4) is 0 Å². The molecule has 2 N–H and O–H groups in total. The van der Waals surface area contributed by atoms with Gasteiger partial charge in [0.1, 0.15) is 5.52 Å². The molecule has 0 spiro atoms. The van der Waals surface area contributed by atoms with Gasteiger partial charge in [-0.05, 0) is 32.9 Å². The summed E-state index contributed by atoms with van der Waals surface area (Å²) < 4.78 is 6.75. The van der Waals surface area contributed by atoms with Crippen molar-refractivity contribution in [3.63, 3.8) is 0 Å². The Morgan fingerprint density at radius 1 is 1.33 bits per heavy atom. The summed E-state index contributed by atoms with van der Waals surface area (Å²) in [6, 6.07) is 5.11. The second-order valence-corrected chi connectivity index (χ2v) is 5.94. The van der Waals surface area contributed by atoms with Gasteiger partial charge in [0.15, 0.2) is 16.9 Å². The fraction of sp³-hybridized carbons (Fsp3) is 0.250. The van der Waals surface area contributed by atoms with Crippen LogP contribution in [0.25, 0.3) is 11.1 Å². The van der Waals surface area contributed by atoms with Crippen molar-refractivity contribution in [1.82, 2.24) is 14.8 Å². The van der Waals surface area contributed by atoms with Crippen LogP contribution in [0, 0.1) is 6.92 Å². The molecule has 24 heavy (non-hydrogen) atoms. The monoisotopic (exact) mass is 328 g/mol. The molecule has 0 aromatic carbocycles. The fourth-order valence-electron chi connectivity index (χ4n) is 2.12. The predicted molar refractivity (Wildman–Crippen MR) is 85.9 cm³/mol. The number of carboxylic acid groups (broad SMARTS) is 1. The molecule has 0 aliphatic heterocycles. The number of aromatic nitrogens is 3. The molecular formula is C16H16N4O4. The summed E-state index contributed by atoms with van der Waals surface area (Å²) in [6.45, 7) is 4.88. The van der Waals surface area contributed by atoms with Crippen molar-refractivity contribution in [2.75, 3.05) is 5.32 Å². The number of carbonyl (C=O) groups excluding carboxylic acids is 1. The molecule has 0 saturated heterocycles. The highest BCUT2D eigenvalue weighted by molar-refractivity contribution is 6.04. The second-order valence-electron chi connectivity index (χ2n) is 5.94. The van der Waals surface area contributed by atoms with Crippen molar-refractivity contribution >= 4 is 28.7 Å². The van der Waals surface area contributed by atoms with E-state index in [2.05, 4.69) is 15.4 Å². The Balaban J connectivity index is 1.81. The summed E-state index contributed by atoms with van der Waals surface area (Å²) in [5.41, 5.74) is 1.10. The molecule has 3 rings (SSSR count). The van der Waals surface area contributed by atoms with E-state index in [1.807, 2.05) is 6.92 Å². The number of aryl methyl sites for hydroxylation is 1. The maximum absolute atomic E-state index is 12.3. The quantitative estimate of drug-likeness (QED) is 0.761. The molecule has 0 fully saturated rings. The van der Waals surface area contributed by atoms with Crippen molar-refractivity contribution in [2.24, 2.45) is 0 Å². The van der Waals surface area contributed by atoms with Gasteiger partial charge in [-0.15, -0.1) is 0 Å². The third-order valence-electron chi connectivity index (χ3n) is 3.67. The highest BCUT2D eigenvalue weighted by Gasteiger charge is 2.30. The molecule has 3 aromatic rings. The van der Waals surface area contributed by atoms with Crippen molar-refractivity contribution in [3.05, 3.63) is 42.0 Å². The lowest BCUT2D eigenvalue weighted by Gasteiger charge is -2.19. The maximum atomic E-state index is 12.3. The van der Waals surface area contributed by atoms with E-state index in [4.69, 9.17) is 4.42 Å². The van der Waals surface area contributed by atoms with Gasteiger partial charge in [-0.1, -0.05) is 0 Å². The van der Waals surface area contributed by atoms with Crippen LogP contribution in [-0.2, 0) is 10.3 Å². The number of hydrogen-bond acceptors (Lipinski definition) is 5. The van der Waals surface area contributed by atoms with Crippen LogP contribution in [-0.4, -0.2) is 31.7 Å². The summed E-state index contributed by atoms with van der Waals surface area (Å²) in [7, 11) is 0. The molecule has 0 atom stereocenters. The number of rotatable bonds is 4. The van der Waals surface area contributed by atoms with Gasteiger partial charge in [0.25, 0.3) is 5.91 Å². The van der Waals surface area contributed by atoms with E-state index in [1.165, 1.54) is 30.9 Å². The first kappa shape index (κ1) is 15.7. The van der Waals surface area contributed by atoms with Crippen molar-refractivity contribution < 1.29 is 19.1 Å². The average molecular weight is 328 g/mol. The van der Waals surface area contributed by atoms with Crippen molar-refractivity contribution in [1.29, 1.82) is 0 Å². The molecule has 8 nitrogen and oxygen atoms in total. The lowest BCUT2D eigenvalue weighted by Crippen LogP contribution is -2.35. The van der Waals surface area contributed by atoms with Crippen LogP contribution in [0.4, 0.5) is 5.69 Å². The van der Waals surface area contributed by atoms with Crippen LogP contribution in [0.5, 0.6) is 0 Å². The first-order valence-electron chi connectivity index (χ1n) is 7.24. The number of pyridine rings is 1. The normalized spacial score (nSPS) is 11.6. The van der Waals surface area contributed by atoms with E-state index in [-0.39, 0.29) is 5.76 Å². The molecule has 1 amide bonds. The highest BCUT2D eigenvalue weighted by atomic mass is 16.4. The van der Waals surface area contributed by atoms with Crippen LogP contribution in [0.2, 0.25) is 0 Å². The zero-order chi connectivity index (χ0) is 17.5. The Morgan fingerprint density at radius 2 is 2.08 bits per heavy atom. The molecular weight excluding hydrogens is 312 g/mol. The third kappa shape index (κ3) is 2.73. The SMILES string of the molecule is Cc1ccc2oc(C(=O)Nc3cnn(C(C)(C)C(=O)O)c3)cc2n1. The van der Waals surface area contributed by atoms with E-state index in [9.17, 15) is 14.7 Å². The molecule has 0 aliphatic rings. The molecule has 0 saturated carbocycles. The van der Waals surface area contributed by atoms with Crippen LogP contribution < -0.4 is 5.32 Å². The average Bonchev–Trinajstić information content (AvgIpc) is 3.13. The number of carboxylic acids is 1. The Bertz CT molecular complexity index is 939. The molecule has 0 unspecified atom stereocenters. The lowest BCUT2D eigenvalue weighted by atomic mass is 10.1. The number of nitrogens with one attached hydrogen (secondary N) is 1. The second kappa shape index (κ2) is 5.48. The van der Waals surface area contributed by atoms with Gasteiger partial charge in [0.05, 0.1) is 11.9 Å². The zero-order valence-electron chi connectivity index (χ0n) is 13.4.